The maximum atomic E-state index is 10.8. The zero-order valence-electron chi connectivity index (χ0n) is 8.71. The number of carbonyl (C=O) groups excluding carboxylic acids is 1. The molecule has 0 saturated carbocycles. The van der Waals surface area contributed by atoms with E-state index in [9.17, 15) is 14.9 Å². The summed E-state index contributed by atoms with van der Waals surface area (Å²) >= 11 is 0. The first kappa shape index (κ1) is 10.4. The highest BCUT2D eigenvalue weighted by molar-refractivity contribution is 5.92. The molecule has 5 heteroatoms. The lowest BCUT2D eigenvalue weighted by atomic mass is 10.1. The second kappa shape index (κ2) is 3.77. The van der Waals surface area contributed by atoms with Gasteiger partial charge in [-0.25, -0.2) is 0 Å². The molecule has 0 aliphatic heterocycles. The third-order valence-electron chi connectivity index (χ3n) is 2.56. The zero-order valence-corrected chi connectivity index (χ0v) is 8.71. The SMILES string of the molecule is Cn1cc([N+](=O)[O-])c2cccc(CC=O)c21. The number of hydrogen-bond donors (Lipinski definition) is 0. The molecule has 0 bridgehead atoms. The fourth-order valence-electron chi connectivity index (χ4n) is 1.93. The van der Waals surface area contributed by atoms with Gasteiger partial charge in [0.2, 0.25) is 0 Å². The van der Waals surface area contributed by atoms with E-state index in [2.05, 4.69) is 0 Å². The molecule has 82 valence electrons. The van der Waals surface area contributed by atoms with E-state index in [0.29, 0.717) is 5.39 Å². The standard InChI is InChI=1S/C11H10N2O3/c1-12-7-10(13(15)16)9-4-2-3-8(5-6-14)11(9)12/h2-4,6-7H,5H2,1H3. The van der Waals surface area contributed by atoms with E-state index in [4.69, 9.17) is 0 Å². The maximum absolute atomic E-state index is 10.8. The minimum Gasteiger partial charge on any atom is -0.344 e. The summed E-state index contributed by atoms with van der Waals surface area (Å²) in [5.41, 5.74) is 1.63. The van der Waals surface area contributed by atoms with E-state index in [1.54, 1.807) is 29.8 Å². The molecular weight excluding hydrogens is 208 g/mol. The van der Waals surface area contributed by atoms with Crippen molar-refractivity contribution in [2.75, 3.05) is 0 Å². The third-order valence-corrected chi connectivity index (χ3v) is 2.56. The Kier molecular flexibility index (Phi) is 2.44. The fraction of sp³-hybridized carbons (Fsp3) is 0.182. The van der Waals surface area contributed by atoms with Crippen LogP contribution >= 0.6 is 0 Å². The lowest BCUT2D eigenvalue weighted by molar-refractivity contribution is -0.383. The van der Waals surface area contributed by atoms with Crippen LogP contribution in [0.25, 0.3) is 10.9 Å². The van der Waals surface area contributed by atoms with Crippen LogP contribution < -0.4 is 0 Å². The van der Waals surface area contributed by atoms with Gasteiger partial charge >= 0.3 is 0 Å². The molecule has 0 aliphatic carbocycles. The fourth-order valence-corrected chi connectivity index (χ4v) is 1.93. The Morgan fingerprint density at radius 2 is 2.25 bits per heavy atom. The molecule has 5 nitrogen and oxygen atoms in total. The second-order valence-electron chi connectivity index (χ2n) is 3.57. The normalized spacial score (nSPS) is 10.6. The molecule has 0 amide bonds. The van der Waals surface area contributed by atoms with Crippen LogP contribution in [0.3, 0.4) is 0 Å². The van der Waals surface area contributed by atoms with Crippen LogP contribution in [0.4, 0.5) is 5.69 Å². The Hall–Kier alpha value is -2.17. The van der Waals surface area contributed by atoms with E-state index >= 15 is 0 Å². The minimum atomic E-state index is -0.410. The highest BCUT2D eigenvalue weighted by atomic mass is 16.6. The van der Waals surface area contributed by atoms with E-state index in [1.165, 1.54) is 6.20 Å². The van der Waals surface area contributed by atoms with Gasteiger partial charge < -0.3 is 9.36 Å². The van der Waals surface area contributed by atoms with E-state index in [1.807, 2.05) is 0 Å². The predicted molar refractivity (Wildman–Crippen MR) is 59.3 cm³/mol. The topological polar surface area (TPSA) is 65.1 Å². The monoisotopic (exact) mass is 218 g/mol. The van der Waals surface area contributed by atoms with Gasteiger partial charge in [0.05, 0.1) is 22.0 Å². The molecule has 0 saturated heterocycles. The Labute approximate surface area is 91.4 Å². The van der Waals surface area contributed by atoms with Gasteiger partial charge in [-0.1, -0.05) is 12.1 Å². The maximum Gasteiger partial charge on any atom is 0.294 e. The van der Waals surface area contributed by atoms with Crippen LogP contribution in [-0.4, -0.2) is 15.8 Å². The molecule has 1 aromatic carbocycles. The van der Waals surface area contributed by atoms with Crippen molar-refractivity contribution in [3.05, 3.63) is 40.1 Å². The number of aromatic nitrogens is 1. The van der Waals surface area contributed by atoms with Crippen molar-refractivity contribution < 1.29 is 9.72 Å². The van der Waals surface area contributed by atoms with Crippen molar-refractivity contribution in [3.8, 4) is 0 Å². The summed E-state index contributed by atoms with van der Waals surface area (Å²) in [5.74, 6) is 0. The summed E-state index contributed by atoms with van der Waals surface area (Å²) in [4.78, 5) is 20.9. The van der Waals surface area contributed by atoms with Crippen molar-refractivity contribution in [2.45, 2.75) is 6.42 Å². The van der Waals surface area contributed by atoms with Crippen LogP contribution in [0.1, 0.15) is 5.56 Å². The van der Waals surface area contributed by atoms with Crippen molar-refractivity contribution >= 4 is 22.9 Å². The summed E-state index contributed by atoms with van der Waals surface area (Å²) in [6.07, 6.45) is 2.54. The molecule has 1 heterocycles. The number of carbonyl (C=O) groups is 1. The van der Waals surface area contributed by atoms with Gasteiger partial charge in [-0.3, -0.25) is 10.1 Å². The van der Waals surface area contributed by atoms with E-state index in [0.717, 1.165) is 17.4 Å². The number of para-hydroxylation sites is 1. The van der Waals surface area contributed by atoms with Crippen molar-refractivity contribution in [3.63, 3.8) is 0 Å². The first-order valence-corrected chi connectivity index (χ1v) is 4.80. The number of benzene rings is 1. The first-order valence-electron chi connectivity index (χ1n) is 4.80. The van der Waals surface area contributed by atoms with Crippen molar-refractivity contribution in [2.24, 2.45) is 7.05 Å². The van der Waals surface area contributed by atoms with Gasteiger partial charge in [0, 0.05) is 13.5 Å². The lowest BCUT2D eigenvalue weighted by Crippen LogP contribution is -1.92. The molecule has 2 aromatic rings. The molecule has 0 N–H and O–H groups in total. The first-order chi connectivity index (χ1) is 7.65. The lowest BCUT2D eigenvalue weighted by Gasteiger charge is -2.01. The van der Waals surface area contributed by atoms with Crippen LogP contribution in [0.15, 0.2) is 24.4 Å². The average Bonchev–Trinajstić information content (AvgIpc) is 2.58. The molecule has 1 aromatic heterocycles. The molecule has 0 unspecified atom stereocenters. The van der Waals surface area contributed by atoms with Gasteiger partial charge in [-0.05, 0) is 11.6 Å². The zero-order chi connectivity index (χ0) is 11.7. The molecule has 0 spiro atoms. The average molecular weight is 218 g/mol. The van der Waals surface area contributed by atoms with Gasteiger partial charge in [0.1, 0.15) is 6.29 Å². The summed E-state index contributed by atoms with van der Waals surface area (Å²) in [6, 6.07) is 5.23. The highest BCUT2D eigenvalue weighted by Gasteiger charge is 2.17. The van der Waals surface area contributed by atoms with Crippen LogP contribution in [0.2, 0.25) is 0 Å². The van der Waals surface area contributed by atoms with Gasteiger partial charge in [0.15, 0.2) is 0 Å². The Balaban J connectivity index is 2.78. The molecule has 2 rings (SSSR count). The number of nitrogens with zero attached hydrogens (tertiary/aromatic N) is 2. The predicted octanol–water partition coefficient (Wildman–Crippen LogP) is 1.83. The quantitative estimate of drug-likeness (QED) is 0.448. The van der Waals surface area contributed by atoms with Crippen molar-refractivity contribution in [1.29, 1.82) is 0 Å². The Morgan fingerprint density at radius 3 is 2.88 bits per heavy atom. The molecule has 0 atom stereocenters. The second-order valence-corrected chi connectivity index (χ2v) is 3.57. The Bertz CT molecular complexity index is 572. The van der Waals surface area contributed by atoms with E-state index < -0.39 is 4.92 Å². The number of aldehydes is 1. The van der Waals surface area contributed by atoms with E-state index in [-0.39, 0.29) is 12.1 Å². The van der Waals surface area contributed by atoms with Crippen molar-refractivity contribution in [1.82, 2.24) is 4.57 Å². The summed E-state index contributed by atoms with van der Waals surface area (Å²) < 4.78 is 1.69. The van der Waals surface area contributed by atoms with Gasteiger partial charge in [-0.2, -0.15) is 0 Å². The Morgan fingerprint density at radius 1 is 1.50 bits per heavy atom. The third kappa shape index (κ3) is 1.46. The summed E-state index contributed by atoms with van der Waals surface area (Å²) in [7, 11) is 1.74. The highest BCUT2D eigenvalue weighted by Crippen LogP contribution is 2.29. The number of nitro groups is 1. The van der Waals surface area contributed by atoms with Crippen LogP contribution in [0.5, 0.6) is 0 Å². The molecule has 0 fully saturated rings. The minimum absolute atomic E-state index is 0.0743. The molecule has 0 aliphatic rings. The molecular formula is C11H10N2O3. The number of aryl methyl sites for hydroxylation is 1. The number of hydrogen-bond acceptors (Lipinski definition) is 3. The number of fused-ring (bicyclic) bond motifs is 1. The largest absolute Gasteiger partial charge is 0.344 e. The van der Waals surface area contributed by atoms with Crippen LogP contribution in [-0.2, 0) is 18.3 Å². The molecule has 0 radical (unpaired) electrons. The van der Waals surface area contributed by atoms with Gasteiger partial charge in [-0.15, -0.1) is 0 Å². The number of rotatable bonds is 3. The smallest absolute Gasteiger partial charge is 0.294 e. The molecule has 16 heavy (non-hydrogen) atoms. The van der Waals surface area contributed by atoms with Crippen LogP contribution in [0, 0.1) is 10.1 Å². The summed E-state index contributed by atoms with van der Waals surface area (Å²) in [6.45, 7) is 0. The van der Waals surface area contributed by atoms with Gasteiger partial charge in [0.25, 0.3) is 5.69 Å². The summed E-state index contributed by atoms with van der Waals surface area (Å²) in [5, 5.41) is 11.4.